The van der Waals surface area contributed by atoms with Crippen molar-refractivity contribution < 1.29 is 18.7 Å². The highest BCUT2D eigenvalue weighted by Gasteiger charge is 2.09. The third-order valence-corrected chi connectivity index (χ3v) is 3.18. The van der Waals surface area contributed by atoms with Crippen LogP contribution >= 0.6 is 0 Å². The lowest BCUT2D eigenvalue weighted by Crippen LogP contribution is -2.25. The quantitative estimate of drug-likeness (QED) is 0.505. The van der Waals surface area contributed by atoms with Crippen molar-refractivity contribution in [1.29, 1.82) is 0 Å². The number of hydrogen-bond acceptors (Lipinski definition) is 3. The van der Waals surface area contributed by atoms with Gasteiger partial charge in [-0.2, -0.15) is 0 Å². The second kappa shape index (κ2) is 10.9. The maximum absolute atomic E-state index is 12.7. The maximum Gasteiger partial charge on any atom is 0.220 e. The molecule has 0 saturated heterocycles. The molecule has 0 saturated carbocycles. The fourth-order valence-electron chi connectivity index (χ4n) is 1.85. The molecule has 0 aliphatic heterocycles. The Bertz CT molecular complexity index is 459. The van der Waals surface area contributed by atoms with Gasteiger partial charge in [-0.3, -0.25) is 9.59 Å². The second-order valence-corrected chi connectivity index (χ2v) is 5.10. The molecule has 0 aromatic heterocycles. The summed E-state index contributed by atoms with van der Waals surface area (Å²) in [5.41, 5.74) is 0.429. The zero-order valence-corrected chi connectivity index (χ0v) is 13.1. The molecule has 1 rings (SSSR count). The summed E-state index contributed by atoms with van der Waals surface area (Å²) in [6, 6.07) is 5.35. The lowest BCUT2D eigenvalue weighted by Gasteiger charge is -2.06. The molecular weight excluding hydrogens is 285 g/mol. The number of unbranched alkanes of at least 4 members (excludes halogenated alkanes) is 1. The minimum atomic E-state index is -0.379. The summed E-state index contributed by atoms with van der Waals surface area (Å²) >= 11 is 0. The molecule has 0 fully saturated rings. The van der Waals surface area contributed by atoms with Crippen LogP contribution in [0.4, 0.5) is 4.39 Å². The molecule has 1 aromatic rings. The minimum Gasteiger partial charge on any atom is -0.381 e. The molecule has 1 aromatic carbocycles. The van der Waals surface area contributed by atoms with Crippen LogP contribution in [0.2, 0.25) is 0 Å². The molecule has 0 aliphatic carbocycles. The van der Waals surface area contributed by atoms with Crippen LogP contribution in [0.5, 0.6) is 0 Å². The Kier molecular flexibility index (Phi) is 9.07. The molecule has 0 aliphatic rings. The molecule has 1 N–H and O–H groups in total. The number of amides is 1. The van der Waals surface area contributed by atoms with Crippen LogP contribution in [0.3, 0.4) is 0 Å². The number of halogens is 1. The van der Waals surface area contributed by atoms with E-state index in [0.717, 1.165) is 25.9 Å². The third-order valence-electron chi connectivity index (χ3n) is 3.18. The SMILES string of the molecule is CCCCOCCCNC(=O)CCC(=O)c1ccc(F)cc1. The Morgan fingerprint density at radius 1 is 1.09 bits per heavy atom. The fourth-order valence-corrected chi connectivity index (χ4v) is 1.85. The van der Waals surface area contributed by atoms with E-state index in [2.05, 4.69) is 12.2 Å². The molecule has 1 amide bonds. The van der Waals surface area contributed by atoms with E-state index in [4.69, 9.17) is 4.74 Å². The number of benzene rings is 1. The Labute approximate surface area is 131 Å². The van der Waals surface area contributed by atoms with Crippen molar-refractivity contribution in [2.24, 2.45) is 0 Å². The van der Waals surface area contributed by atoms with E-state index in [1.54, 1.807) is 0 Å². The standard InChI is InChI=1S/C17H24FNO3/c1-2-3-12-22-13-4-11-19-17(21)10-9-16(20)14-5-7-15(18)8-6-14/h5-8H,2-4,9-13H2,1H3,(H,19,21). The fraction of sp³-hybridized carbons (Fsp3) is 0.529. The van der Waals surface area contributed by atoms with Crippen molar-refractivity contribution >= 4 is 11.7 Å². The van der Waals surface area contributed by atoms with Crippen molar-refractivity contribution in [3.63, 3.8) is 0 Å². The van der Waals surface area contributed by atoms with E-state index in [1.165, 1.54) is 24.3 Å². The van der Waals surface area contributed by atoms with Crippen LogP contribution in [0.1, 0.15) is 49.4 Å². The highest BCUT2D eigenvalue weighted by molar-refractivity contribution is 5.97. The molecule has 5 heteroatoms. The number of ether oxygens (including phenoxy) is 1. The zero-order valence-electron chi connectivity index (χ0n) is 13.1. The van der Waals surface area contributed by atoms with Crippen LogP contribution in [0.15, 0.2) is 24.3 Å². The average molecular weight is 309 g/mol. The van der Waals surface area contributed by atoms with Crippen molar-refractivity contribution in [3.8, 4) is 0 Å². The molecule has 0 heterocycles. The van der Waals surface area contributed by atoms with Crippen LogP contribution in [-0.2, 0) is 9.53 Å². The van der Waals surface area contributed by atoms with Crippen molar-refractivity contribution in [3.05, 3.63) is 35.6 Å². The van der Waals surface area contributed by atoms with Gasteiger partial charge in [-0.15, -0.1) is 0 Å². The molecule has 0 atom stereocenters. The van der Waals surface area contributed by atoms with Gasteiger partial charge in [-0.1, -0.05) is 13.3 Å². The summed E-state index contributed by atoms with van der Waals surface area (Å²) in [4.78, 5) is 23.4. The molecular formula is C17H24FNO3. The second-order valence-electron chi connectivity index (χ2n) is 5.10. The highest BCUT2D eigenvalue weighted by atomic mass is 19.1. The first-order valence-corrected chi connectivity index (χ1v) is 7.76. The highest BCUT2D eigenvalue weighted by Crippen LogP contribution is 2.07. The van der Waals surface area contributed by atoms with Crippen LogP contribution < -0.4 is 5.32 Å². The molecule has 122 valence electrons. The predicted molar refractivity (Wildman–Crippen MR) is 83.3 cm³/mol. The van der Waals surface area contributed by atoms with Gasteiger partial charge >= 0.3 is 0 Å². The number of carbonyl (C=O) groups excluding carboxylic acids is 2. The van der Waals surface area contributed by atoms with E-state index < -0.39 is 0 Å². The number of rotatable bonds is 11. The lowest BCUT2D eigenvalue weighted by molar-refractivity contribution is -0.121. The summed E-state index contributed by atoms with van der Waals surface area (Å²) in [7, 11) is 0. The van der Waals surface area contributed by atoms with Crippen molar-refractivity contribution in [2.75, 3.05) is 19.8 Å². The van der Waals surface area contributed by atoms with E-state index in [1.807, 2.05) is 0 Å². The van der Waals surface area contributed by atoms with Gasteiger partial charge in [-0.05, 0) is 37.1 Å². The van der Waals surface area contributed by atoms with E-state index in [9.17, 15) is 14.0 Å². The minimum absolute atomic E-state index is 0.129. The molecule has 0 bridgehead atoms. The summed E-state index contributed by atoms with van der Waals surface area (Å²) in [6.45, 7) is 4.05. The van der Waals surface area contributed by atoms with E-state index in [0.29, 0.717) is 18.7 Å². The first-order valence-electron chi connectivity index (χ1n) is 7.76. The first-order chi connectivity index (χ1) is 10.6. The largest absolute Gasteiger partial charge is 0.381 e. The predicted octanol–water partition coefficient (Wildman–Crippen LogP) is 3.11. The topological polar surface area (TPSA) is 55.4 Å². The van der Waals surface area contributed by atoms with E-state index in [-0.39, 0.29) is 30.3 Å². The van der Waals surface area contributed by atoms with Gasteiger partial charge in [0.05, 0.1) is 0 Å². The van der Waals surface area contributed by atoms with Crippen molar-refractivity contribution in [2.45, 2.75) is 39.0 Å². The van der Waals surface area contributed by atoms with Gasteiger partial charge in [0.2, 0.25) is 5.91 Å². The van der Waals surface area contributed by atoms with E-state index >= 15 is 0 Å². The average Bonchev–Trinajstić information content (AvgIpc) is 2.52. The Hall–Kier alpha value is -1.75. The van der Waals surface area contributed by atoms with Crippen molar-refractivity contribution in [1.82, 2.24) is 5.32 Å². The number of carbonyl (C=O) groups is 2. The number of nitrogens with one attached hydrogen (secondary N) is 1. The molecule has 0 unspecified atom stereocenters. The summed E-state index contributed by atoms with van der Waals surface area (Å²) < 4.78 is 18.1. The van der Waals surface area contributed by atoms with Crippen LogP contribution in [0.25, 0.3) is 0 Å². The van der Waals surface area contributed by atoms with Gasteiger partial charge in [-0.25, -0.2) is 4.39 Å². The van der Waals surface area contributed by atoms with Gasteiger partial charge in [0, 0.05) is 38.2 Å². The normalized spacial score (nSPS) is 10.5. The third kappa shape index (κ3) is 7.88. The Morgan fingerprint density at radius 2 is 1.77 bits per heavy atom. The smallest absolute Gasteiger partial charge is 0.220 e. The zero-order chi connectivity index (χ0) is 16.2. The van der Waals surface area contributed by atoms with Gasteiger partial charge in [0.1, 0.15) is 5.82 Å². The monoisotopic (exact) mass is 309 g/mol. The lowest BCUT2D eigenvalue weighted by atomic mass is 10.1. The Morgan fingerprint density at radius 3 is 2.45 bits per heavy atom. The number of ketones is 1. The summed E-state index contributed by atoms with van der Waals surface area (Å²) in [6.07, 6.45) is 3.20. The van der Waals surface area contributed by atoms with Crippen LogP contribution in [0, 0.1) is 5.82 Å². The number of hydrogen-bond donors (Lipinski definition) is 1. The van der Waals surface area contributed by atoms with Gasteiger partial charge in [0.25, 0.3) is 0 Å². The molecule has 4 nitrogen and oxygen atoms in total. The summed E-state index contributed by atoms with van der Waals surface area (Å²) in [5.74, 6) is -0.683. The maximum atomic E-state index is 12.7. The molecule has 22 heavy (non-hydrogen) atoms. The molecule has 0 spiro atoms. The van der Waals surface area contributed by atoms with Gasteiger partial charge < -0.3 is 10.1 Å². The Balaban J connectivity index is 2.10. The summed E-state index contributed by atoms with van der Waals surface area (Å²) in [5, 5.41) is 2.76. The van der Waals surface area contributed by atoms with Crippen LogP contribution in [-0.4, -0.2) is 31.4 Å². The molecule has 0 radical (unpaired) electrons. The first kappa shape index (κ1) is 18.3. The number of Topliss-reactive ketones (excluding diaryl/α,β-unsaturated/α-hetero) is 1. The van der Waals surface area contributed by atoms with Gasteiger partial charge in [0.15, 0.2) is 5.78 Å².